The van der Waals surface area contributed by atoms with Gasteiger partial charge in [0.15, 0.2) is 0 Å². The molecule has 1 nitrogen and oxygen atoms in total. The first-order chi connectivity index (χ1) is 7.58. The number of benzene rings is 1. The molecule has 0 aromatic heterocycles. The molecule has 0 radical (unpaired) electrons. The van der Waals surface area contributed by atoms with Gasteiger partial charge in [-0.1, -0.05) is 55.3 Å². The Bertz CT molecular complexity index is 330. The molecule has 88 valence electrons. The Hall–Kier alpha value is -1.08. The summed E-state index contributed by atoms with van der Waals surface area (Å²) >= 11 is 0. The van der Waals surface area contributed by atoms with Crippen LogP contribution < -0.4 is 5.32 Å². The van der Waals surface area contributed by atoms with Crippen LogP contribution in [0.2, 0.25) is 0 Å². The number of hydrogen-bond donors (Lipinski definition) is 1. The van der Waals surface area contributed by atoms with Gasteiger partial charge in [0, 0.05) is 6.04 Å². The van der Waals surface area contributed by atoms with Gasteiger partial charge in [0.2, 0.25) is 0 Å². The number of aryl methyl sites for hydroxylation is 2. The number of nitrogens with one attached hydrogen (secondary N) is 1. The van der Waals surface area contributed by atoms with Crippen molar-refractivity contribution in [2.45, 2.75) is 40.2 Å². The van der Waals surface area contributed by atoms with Gasteiger partial charge in [-0.2, -0.15) is 0 Å². The molecule has 0 aliphatic heterocycles. The summed E-state index contributed by atoms with van der Waals surface area (Å²) in [6.07, 6.45) is 5.54. The third-order valence-electron chi connectivity index (χ3n) is 2.42. The van der Waals surface area contributed by atoms with Gasteiger partial charge in [-0.25, -0.2) is 0 Å². The minimum atomic E-state index is 0.578. The van der Waals surface area contributed by atoms with Gasteiger partial charge >= 0.3 is 0 Å². The van der Waals surface area contributed by atoms with Crippen molar-refractivity contribution in [3.8, 4) is 0 Å². The van der Waals surface area contributed by atoms with Crippen LogP contribution in [0.25, 0.3) is 6.08 Å². The summed E-state index contributed by atoms with van der Waals surface area (Å²) < 4.78 is 0. The van der Waals surface area contributed by atoms with Crippen molar-refractivity contribution in [1.29, 1.82) is 0 Å². The molecule has 1 heteroatoms. The van der Waals surface area contributed by atoms with Crippen molar-refractivity contribution < 1.29 is 0 Å². The first kappa shape index (κ1) is 13.0. The van der Waals surface area contributed by atoms with Gasteiger partial charge in [-0.3, -0.25) is 0 Å². The fraction of sp³-hybridized carbons (Fsp3) is 0.467. The van der Waals surface area contributed by atoms with Crippen LogP contribution in [-0.4, -0.2) is 12.6 Å². The van der Waals surface area contributed by atoms with Crippen LogP contribution in [0.5, 0.6) is 0 Å². The van der Waals surface area contributed by atoms with E-state index in [1.807, 2.05) is 0 Å². The maximum absolute atomic E-state index is 3.40. The molecule has 0 atom stereocenters. The summed E-state index contributed by atoms with van der Waals surface area (Å²) in [4.78, 5) is 0. The molecular formula is C15H23N. The average Bonchev–Trinajstić information content (AvgIpc) is 2.15. The minimum Gasteiger partial charge on any atom is -0.314 e. The molecule has 16 heavy (non-hydrogen) atoms. The van der Waals surface area contributed by atoms with Gasteiger partial charge in [-0.15, -0.1) is 0 Å². The highest BCUT2D eigenvalue weighted by Gasteiger charge is 1.92. The monoisotopic (exact) mass is 217 g/mol. The molecule has 0 aliphatic rings. The molecule has 0 unspecified atom stereocenters. The summed E-state index contributed by atoms with van der Waals surface area (Å²) in [5.41, 5.74) is 3.97. The molecule has 0 saturated carbocycles. The summed E-state index contributed by atoms with van der Waals surface area (Å²) in [6.45, 7) is 9.69. The van der Waals surface area contributed by atoms with Crippen molar-refractivity contribution in [1.82, 2.24) is 5.32 Å². The second-order valence-electron chi connectivity index (χ2n) is 4.72. The first-order valence-electron chi connectivity index (χ1n) is 6.06. The van der Waals surface area contributed by atoms with Crippen molar-refractivity contribution in [2.24, 2.45) is 0 Å². The third kappa shape index (κ3) is 5.13. The molecule has 0 bridgehead atoms. The Kier molecular flexibility index (Phi) is 5.27. The standard InChI is InChI=1S/C15H23N/c1-12(2)16-8-6-5-7-15-10-13(3)9-14(4)11-15/h5,7,9-12,16H,6,8H2,1-4H3. The second kappa shape index (κ2) is 6.49. The molecular weight excluding hydrogens is 194 g/mol. The third-order valence-corrected chi connectivity index (χ3v) is 2.42. The van der Waals surface area contributed by atoms with Crippen LogP contribution in [0.3, 0.4) is 0 Å². The highest BCUT2D eigenvalue weighted by Crippen LogP contribution is 2.10. The lowest BCUT2D eigenvalue weighted by atomic mass is 10.1. The largest absolute Gasteiger partial charge is 0.314 e. The molecule has 0 heterocycles. The topological polar surface area (TPSA) is 12.0 Å². The van der Waals surface area contributed by atoms with E-state index in [1.165, 1.54) is 16.7 Å². The van der Waals surface area contributed by atoms with E-state index < -0.39 is 0 Å². The van der Waals surface area contributed by atoms with Crippen LogP contribution >= 0.6 is 0 Å². The molecule has 1 aromatic rings. The second-order valence-corrected chi connectivity index (χ2v) is 4.72. The van der Waals surface area contributed by atoms with E-state index in [4.69, 9.17) is 0 Å². The van der Waals surface area contributed by atoms with E-state index in [1.54, 1.807) is 0 Å². The molecule has 0 saturated heterocycles. The molecule has 0 fully saturated rings. The van der Waals surface area contributed by atoms with E-state index in [0.717, 1.165) is 13.0 Å². The molecule has 0 amide bonds. The lowest BCUT2D eigenvalue weighted by Gasteiger charge is -2.05. The highest BCUT2D eigenvalue weighted by molar-refractivity contribution is 5.51. The summed E-state index contributed by atoms with van der Waals surface area (Å²) in [6, 6.07) is 7.23. The normalized spacial score (nSPS) is 11.6. The molecule has 1 rings (SSSR count). The zero-order valence-corrected chi connectivity index (χ0v) is 10.9. The van der Waals surface area contributed by atoms with Gasteiger partial charge in [-0.05, 0) is 32.4 Å². The van der Waals surface area contributed by atoms with Crippen molar-refractivity contribution in [3.05, 3.63) is 41.0 Å². The molecule has 0 aliphatic carbocycles. The zero-order valence-electron chi connectivity index (χ0n) is 10.9. The highest BCUT2D eigenvalue weighted by atomic mass is 14.9. The summed E-state index contributed by atoms with van der Waals surface area (Å²) in [5, 5.41) is 3.40. The maximum atomic E-state index is 3.40. The van der Waals surface area contributed by atoms with Gasteiger partial charge in [0.25, 0.3) is 0 Å². The van der Waals surface area contributed by atoms with Crippen LogP contribution in [0.1, 0.15) is 37.0 Å². The Balaban J connectivity index is 2.43. The van der Waals surface area contributed by atoms with Crippen LogP contribution in [0, 0.1) is 13.8 Å². The van der Waals surface area contributed by atoms with Crippen molar-refractivity contribution >= 4 is 6.08 Å². The van der Waals surface area contributed by atoms with Gasteiger partial charge in [0.05, 0.1) is 0 Å². The summed E-state index contributed by atoms with van der Waals surface area (Å²) in [5.74, 6) is 0. The van der Waals surface area contributed by atoms with Crippen molar-refractivity contribution in [3.63, 3.8) is 0 Å². The quantitative estimate of drug-likeness (QED) is 0.741. The van der Waals surface area contributed by atoms with E-state index >= 15 is 0 Å². The smallest absolute Gasteiger partial charge is 0.00105 e. The maximum Gasteiger partial charge on any atom is 0.00105 e. The lowest BCUT2D eigenvalue weighted by molar-refractivity contribution is 0.595. The van der Waals surface area contributed by atoms with Crippen LogP contribution in [0.15, 0.2) is 24.3 Å². The number of hydrogen-bond acceptors (Lipinski definition) is 1. The lowest BCUT2D eigenvalue weighted by Crippen LogP contribution is -2.23. The average molecular weight is 217 g/mol. The van der Waals surface area contributed by atoms with Crippen molar-refractivity contribution in [2.75, 3.05) is 6.54 Å². The van der Waals surface area contributed by atoms with E-state index in [-0.39, 0.29) is 0 Å². The predicted molar refractivity (Wildman–Crippen MR) is 72.7 cm³/mol. The first-order valence-corrected chi connectivity index (χ1v) is 6.06. The SMILES string of the molecule is Cc1cc(C)cc(C=CCCNC(C)C)c1. The van der Waals surface area contributed by atoms with Crippen LogP contribution in [-0.2, 0) is 0 Å². The molecule has 1 N–H and O–H groups in total. The molecule has 1 aromatic carbocycles. The molecule has 0 spiro atoms. The Morgan fingerprint density at radius 1 is 1.12 bits per heavy atom. The zero-order chi connectivity index (χ0) is 12.0. The Morgan fingerprint density at radius 2 is 1.75 bits per heavy atom. The number of rotatable bonds is 5. The van der Waals surface area contributed by atoms with E-state index in [9.17, 15) is 0 Å². The van der Waals surface area contributed by atoms with Gasteiger partial charge in [0.1, 0.15) is 0 Å². The minimum absolute atomic E-state index is 0.578. The van der Waals surface area contributed by atoms with E-state index in [0.29, 0.717) is 6.04 Å². The predicted octanol–water partition coefficient (Wildman–Crippen LogP) is 3.70. The fourth-order valence-corrected chi connectivity index (χ4v) is 1.78. The van der Waals surface area contributed by atoms with Gasteiger partial charge < -0.3 is 5.32 Å². The Morgan fingerprint density at radius 3 is 2.31 bits per heavy atom. The Labute approximate surface area is 99.6 Å². The van der Waals surface area contributed by atoms with E-state index in [2.05, 4.69) is 63.4 Å². The van der Waals surface area contributed by atoms with Crippen LogP contribution in [0.4, 0.5) is 0 Å². The fourth-order valence-electron chi connectivity index (χ4n) is 1.78. The summed E-state index contributed by atoms with van der Waals surface area (Å²) in [7, 11) is 0.